The Bertz CT molecular complexity index is 663. The molecule has 178 valence electrons. The van der Waals surface area contributed by atoms with Crippen LogP contribution in [0.25, 0.3) is 0 Å². The maximum Gasteiger partial charge on any atom is 0.303 e. The van der Waals surface area contributed by atoms with Crippen LogP contribution in [-0.2, 0) is 28.7 Å². The van der Waals surface area contributed by atoms with Gasteiger partial charge in [-0.3, -0.25) is 19.2 Å². The van der Waals surface area contributed by atoms with E-state index in [1.165, 1.54) is 13.8 Å². The summed E-state index contributed by atoms with van der Waals surface area (Å²) in [5.74, 6) is -3.66. The number of aliphatic hydroxyl groups excluding tert-OH is 3. The van der Waals surface area contributed by atoms with E-state index in [1.807, 2.05) is 0 Å². The number of hydrogen-bond acceptors (Lipinski definition) is 10. The van der Waals surface area contributed by atoms with Crippen molar-refractivity contribution >= 4 is 23.7 Å². The van der Waals surface area contributed by atoms with Gasteiger partial charge in [0, 0.05) is 6.42 Å². The van der Waals surface area contributed by atoms with E-state index in [1.54, 1.807) is 0 Å². The van der Waals surface area contributed by atoms with Crippen molar-refractivity contribution in [3.05, 3.63) is 0 Å². The van der Waals surface area contributed by atoms with Crippen molar-refractivity contribution < 1.29 is 49.1 Å². The SMILES string of the molecule is C[C@H](NC(=O)[C@@H](C)OC1C(O)C(CO)O[C@@H](O)[C@H]1N)C(=O)N[C@H](CCC(=O)O)C(N)=O. The number of nitrogens with two attached hydrogens (primary N) is 2. The van der Waals surface area contributed by atoms with Gasteiger partial charge in [0.2, 0.25) is 17.7 Å². The number of aliphatic carboxylic acids is 1. The third kappa shape index (κ3) is 7.68. The fraction of sp³-hybridized carbons (Fsp3) is 0.765. The van der Waals surface area contributed by atoms with Gasteiger partial charge in [-0.1, -0.05) is 0 Å². The van der Waals surface area contributed by atoms with Crippen molar-refractivity contribution in [3.63, 3.8) is 0 Å². The molecular formula is C17H30N4O10. The topological polar surface area (TPSA) is 244 Å². The lowest BCUT2D eigenvalue weighted by Crippen LogP contribution is -2.64. The van der Waals surface area contributed by atoms with Crippen molar-refractivity contribution in [2.45, 2.75) is 75.5 Å². The van der Waals surface area contributed by atoms with Crippen LogP contribution in [0.15, 0.2) is 0 Å². The molecule has 1 saturated heterocycles. The number of ether oxygens (including phenoxy) is 2. The quantitative estimate of drug-likeness (QED) is 0.149. The maximum absolute atomic E-state index is 12.4. The molecule has 1 rings (SSSR count). The summed E-state index contributed by atoms with van der Waals surface area (Å²) in [4.78, 5) is 46.6. The summed E-state index contributed by atoms with van der Waals surface area (Å²) >= 11 is 0. The summed E-state index contributed by atoms with van der Waals surface area (Å²) in [6, 6.07) is -3.59. The van der Waals surface area contributed by atoms with Crippen LogP contribution >= 0.6 is 0 Å². The molecule has 0 saturated carbocycles. The molecule has 3 unspecified atom stereocenters. The zero-order valence-corrected chi connectivity index (χ0v) is 17.1. The van der Waals surface area contributed by atoms with Crippen LogP contribution in [0.5, 0.6) is 0 Å². The Balaban J connectivity index is 2.66. The smallest absolute Gasteiger partial charge is 0.303 e. The van der Waals surface area contributed by atoms with Gasteiger partial charge in [-0.15, -0.1) is 0 Å². The number of primary amides is 1. The lowest BCUT2D eigenvalue weighted by molar-refractivity contribution is -0.261. The Morgan fingerprint density at radius 1 is 1.13 bits per heavy atom. The molecule has 14 heteroatoms. The van der Waals surface area contributed by atoms with Crippen molar-refractivity contribution in [3.8, 4) is 0 Å². The van der Waals surface area contributed by atoms with Crippen LogP contribution in [-0.4, -0.2) is 99.6 Å². The van der Waals surface area contributed by atoms with Gasteiger partial charge in [0.25, 0.3) is 0 Å². The van der Waals surface area contributed by atoms with Crippen molar-refractivity contribution in [2.75, 3.05) is 6.61 Å². The Hall–Kier alpha value is -2.36. The second-order valence-electron chi connectivity index (χ2n) is 7.18. The molecule has 10 N–H and O–H groups in total. The van der Waals surface area contributed by atoms with Crippen LogP contribution in [0.4, 0.5) is 0 Å². The number of carboxylic acid groups (broad SMARTS) is 1. The predicted octanol–water partition coefficient (Wildman–Crippen LogP) is -4.50. The van der Waals surface area contributed by atoms with Gasteiger partial charge in [-0.05, 0) is 20.3 Å². The highest BCUT2D eigenvalue weighted by Gasteiger charge is 2.44. The minimum absolute atomic E-state index is 0.218. The first kappa shape index (κ1) is 26.7. The van der Waals surface area contributed by atoms with Crippen molar-refractivity contribution in [1.82, 2.24) is 10.6 Å². The fourth-order valence-electron chi connectivity index (χ4n) is 2.82. The average Bonchev–Trinajstić information content (AvgIpc) is 2.69. The van der Waals surface area contributed by atoms with E-state index in [-0.39, 0.29) is 6.42 Å². The average molecular weight is 450 g/mol. The monoisotopic (exact) mass is 450 g/mol. The van der Waals surface area contributed by atoms with Gasteiger partial charge < -0.3 is 52.0 Å². The van der Waals surface area contributed by atoms with E-state index in [2.05, 4.69) is 10.6 Å². The molecule has 8 atom stereocenters. The minimum Gasteiger partial charge on any atom is -0.481 e. The summed E-state index contributed by atoms with van der Waals surface area (Å²) in [5, 5.41) is 42.4. The molecule has 1 fully saturated rings. The van der Waals surface area contributed by atoms with E-state index >= 15 is 0 Å². The largest absolute Gasteiger partial charge is 0.481 e. The van der Waals surface area contributed by atoms with Crippen LogP contribution < -0.4 is 22.1 Å². The molecule has 3 amide bonds. The Labute approximate surface area is 177 Å². The summed E-state index contributed by atoms with van der Waals surface area (Å²) < 4.78 is 10.4. The Morgan fingerprint density at radius 3 is 2.26 bits per heavy atom. The lowest BCUT2D eigenvalue weighted by Gasteiger charge is -2.41. The molecule has 0 aromatic rings. The zero-order chi connectivity index (χ0) is 23.9. The standard InChI is InChI=1S/C17H30N4O10/c1-6(15(27)21-8(14(19)26)3-4-10(23)24)20-16(28)7(2)30-13-11(18)17(29)31-9(5-22)12(13)25/h6-9,11-13,17,22,25,29H,3-5,18H2,1-2H3,(H2,19,26)(H,20,28)(H,21,27)(H,23,24)/t6-,7+,8+,9?,11-,12?,13?,17+/m0/s1. The number of carbonyl (C=O) groups excluding carboxylic acids is 3. The van der Waals surface area contributed by atoms with Gasteiger partial charge >= 0.3 is 5.97 Å². The Morgan fingerprint density at radius 2 is 1.74 bits per heavy atom. The van der Waals surface area contributed by atoms with Crippen LogP contribution in [0.2, 0.25) is 0 Å². The molecule has 0 bridgehead atoms. The second kappa shape index (κ2) is 11.9. The zero-order valence-electron chi connectivity index (χ0n) is 17.1. The third-order valence-electron chi connectivity index (χ3n) is 4.71. The molecule has 1 heterocycles. The van der Waals surface area contributed by atoms with Crippen LogP contribution in [0.3, 0.4) is 0 Å². The van der Waals surface area contributed by atoms with E-state index in [4.69, 9.17) is 26.0 Å². The summed E-state index contributed by atoms with van der Waals surface area (Å²) in [5.41, 5.74) is 10.9. The third-order valence-corrected chi connectivity index (χ3v) is 4.71. The minimum atomic E-state index is -1.54. The molecule has 0 radical (unpaired) electrons. The predicted molar refractivity (Wildman–Crippen MR) is 102 cm³/mol. The number of carbonyl (C=O) groups is 4. The fourth-order valence-corrected chi connectivity index (χ4v) is 2.82. The Kier molecular flexibility index (Phi) is 10.2. The molecule has 0 aromatic heterocycles. The summed E-state index contributed by atoms with van der Waals surface area (Å²) in [6.07, 6.45) is -7.23. The number of amides is 3. The molecule has 0 aliphatic carbocycles. The summed E-state index contributed by atoms with van der Waals surface area (Å²) in [6.45, 7) is 2.01. The van der Waals surface area contributed by atoms with Gasteiger partial charge in [-0.25, -0.2) is 0 Å². The first-order valence-corrected chi connectivity index (χ1v) is 9.54. The number of hydrogen-bond donors (Lipinski definition) is 8. The van der Waals surface area contributed by atoms with Crippen LogP contribution in [0.1, 0.15) is 26.7 Å². The van der Waals surface area contributed by atoms with Gasteiger partial charge in [0.15, 0.2) is 6.29 Å². The molecule has 1 aliphatic rings. The number of nitrogens with one attached hydrogen (secondary N) is 2. The highest BCUT2D eigenvalue weighted by atomic mass is 16.6. The summed E-state index contributed by atoms with van der Waals surface area (Å²) in [7, 11) is 0. The first-order chi connectivity index (χ1) is 14.4. The van der Waals surface area contributed by atoms with E-state index in [0.29, 0.717) is 0 Å². The number of rotatable bonds is 11. The normalized spacial score (nSPS) is 28.8. The second-order valence-corrected chi connectivity index (χ2v) is 7.18. The lowest BCUT2D eigenvalue weighted by atomic mass is 9.97. The molecule has 0 aromatic carbocycles. The number of carboxylic acids is 1. The molecule has 0 spiro atoms. The highest BCUT2D eigenvalue weighted by molar-refractivity contribution is 5.92. The van der Waals surface area contributed by atoms with E-state index in [9.17, 15) is 34.5 Å². The van der Waals surface area contributed by atoms with Gasteiger partial charge in [-0.2, -0.15) is 0 Å². The highest BCUT2D eigenvalue weighted by Crippen LogP contribution is 2.22. The molecule has 1 aliphatic heterocycles. The molecular weight excluding hydrogens is 420 g/mol. The van der Waals surface area contributed by atoms with Crippen LogP contribution in [0, 0.1) is 0 Å². The van der Waals surface area contributed by atoms with E-state index in [0.717, 1.165) is 0 Å². The van der Waals surface area contributed by atoms with Gasteiger partial charge in [0.1, 0.15) is 36.5 Å². The van der Waals surface area contributed by atoms with E-state index < -0.39 is 85.5 Å². The van der Waals surface area contributed by atoms with Gasteiger partial charge in [0.05, 0.1) is 12.6 Å². The first-order valence-electron chi connectivity index (χ1n) is 9.54. The maximum atomic E-state index is 12.4. The van der Waals surface area contributed by atoms with Crippen molar-refractivity contribution in [1.29, 1.82) is 0 Å². The van der Waals surface area contributed by atoms with Crippen molar-refractivity contribution in [2.24, 2.45) is 11.5 Å². The molecule has 14 nitrogen and oxygen atoms in total. The molecule has 31 heavy (non-hydrogen) atoms. The number of aliphatic hydroxyl groups is 3.